The van der Waals surface area contributed by atoms with Crippen molar-refractivity contribution in [2.45, 2.75) is 40.0 Å². The molecule has 0 unspecified atom stereocenters. The molecule has 0 fully saturated rings. The van der Waals surface area contributed by atoms with E-state index in [1.54, 1.807) is 0 Å². The summed E-state index contributed by atoms with van der Waals surface area (Å²) in [6.45, 7) is 9.27. The molecule has 0 saturated carbocycles. The Kier molecular flexibility index (Phi) is 5.02. The second-order valence-electron chi connectivity index (χ2n) is 4.81. The fourth-order valence-electron chi connectivity index (χ4n) is 2.29. The number of benzene rings is 1. The third kappa shape index (κ3) is 2.97. The van der Waals surface area contributed by atoms with Crippen LogP contribution in [0.15, 0.2) is 18.2 Å². The molecule has 110 valence electrons. The van der Waals surface area contributed by atoms with Gasteiger partial charge in [0.05, 0.1) is 11.0 Å². The molecule has 1 heterocycles. The predicted molar refractivity (Wildman–Crippen MR) is 81.1 cm³/mol. The van der Waals surface area contributed by atoms with Crippen LogP contribution in [0.1, 0.15) is 45.9 Å². The van der Waals surface area contributed by atoms with Crippen molar-refractivity contribution < 1.29 is 9.47 Å². The van der Waals surface area contributed by atoms with Gasteiger partial charge in [0.1, 0.15) is 0 Å². The van der Waals surface area contributed by atoms with Gasteiger partial charge < -0.3 is 14.0 Å². The van der Waals surface area contributed by atoms with Crippen LogP contribution in [0.2, 0.25) is 5.02 Å². The maximum atomic E-state index is 6.10. The average molecular weight is 297 g/mol. The zero-order valence-electron chi connectivity index (χ0n) is 12.4. The summed E-state index contributed by atoms with van der Waals surface area (Å²) in [5, 5.41) is 0.704. The van der Waals surface area contributed by atoms with Gasteiger partial charge in [-0.05, 0) is 45.9 Å². The van der Waals surface area contributed by atoms with Crippen LogP contribution >= 0.6 is 11.6 Å². The van der Waals surface area contributed by atoms with E-state index in [2.05, 4.69) is 23.4 Å². The molecule has 0 bridgehead atoms. The van der Waals surface area contributed by atoms with E-state index in [0.29, 0.717) is 18.2 Å². The second kappa shape index (κ2) is 6.57. The molecule has 1 aromatic carbocycles. The molecule has 5 heteroatoms. The van der Waals surface area contributed by atoms with Gasteiger partial charge in [0.15, 0.2) is 5.82 Å². The summed E-state index contributed by atoms with van der Waals surface area (Å²) in [7, 11) is 0. The molecule has 0 aliphatic heterocycles. The fourth-order valence-corrected chi connectivity index (χ4v) is 2.46. The van der Waals surface area contributed by atoms with E-state index in [9.17, 15) is 0 Å². The zero-order chi connectivity index (χ0) is 14.7. The van der Waals surface area contributed by atoms with Crippen molar-refractivity contribution in [1.29, 1.82) is 0 Å². The summed E-state index contributed by atoms with van der Waals surface area (Å²) in [5.41, 5.74) is 1.91. The van der Waals surface area contributed by atoms with Gasteiger partial charge in [-0.25, -0.2) is 4.98 Å². The second-order valence-corrected chi connectivity index (χ2v) is 5.25. The number of aromatic nitrogens is 2. The molecule has 0 saturated heterocycles. The summed E-state index contributed by atoms with van der Waals surface area (Å²) < 4.78 is 13.5. The van der Waals surface area contributed by atoms with Crippen LogP contribution < -0.4 is 0 Å². The molecule has 0 radical (unpaired) electrons. The first-order valence-electron chi connectivity index (χ1n) is 6.99. The van der Waals surface area contributed by atoms with Crippen LogP contribution in [-0.2, 0) is 9.47 Å². The first kappa shape index (κ1) is 15.3. The van der Waals surface area contributed by atoms with Gasteiger partial charge in [-0.3, -0.25) is 0 Å². The molecule has 0 aliphatic carbocycles. The number of rotatable bonds is 6. The average Bonchev–Trinajstić information content (AvgIpc) is 2.76. The van der Waals surface area contributed by atoms with Crippen LogP contribution in [0.4, 0.5) is 0 Å². The molecule has 1 aromatic heterocycles. The summed E-state index contributed by atoms with van der Waals surface area (Å²) in [5.74, 6) is 0.793. The van der Waals surface area contributed by atoms with Crippen LogP contribution in [0.3, 0.4) is 0 Å². The predicted octanol–water partition coefficient (Wildman–Crippen LogP) is 4.34. The lowest BCUT2D eigenvalue weighted by atomic mass is 10.3. The standard InChI is InChI=1S/C15H21ClN2O2/c1-5-19-15(20-6-2)14-17-12-8-7-11(16)9-13(12)18(14)10(3)4/h7-10,15H,5-6H2,1-4H3. The van der Waals surface area contributed by atoms with Crippen LogP contribution in [0, 0.1) is 0 Å². The van der Waals surface area contributed by atoms with E-state index >= 15 is 0 Å². The highest BCUT2D eigenvalue weighted by atomic mass is 35.5. The SMILES string of the molecule is CCOC(OCC)c1nc2ccc(Cl)cc2n1C(C)C. The zero-order valence-corrected chi connectivity index (χ0v) is 13.1. The van der Waals surface area contributed by atoms with Gasteiger partial charge in [0.2, 0.25) is 6.29 Å². The van der Waals surface area contributed by atoms with E-state index in [1.165, 1.54) is 0 Å². The van der Waals surface area contributed by atoms with E-state index in [0.717, 1.165) is 16.9 Å². The third-order valence-corrected chi connectivity index (χ3v) is 3.28. The number of fused-ring (bicyclic) bond motifs is 1. The molecule has 0 aliphatic rings. The van der Waals surface area contributed by atoms with Gasteiger partial charge in [-0.2, -0.15) is 0 Å². The lowest BCUT2D eigenvalue weighted by molar-refractivity contribution is -0.146. The molecule has 4 nitrogen and oxygen atoms in total. The first-order chi connectivity index (χ1) is 9.58. The van der Waals surface area contributed by atoms with Gasteiger partial charge >= 0.3 is 0 Å². The van der Waals surface area contributed by atoms with E-state index in [1.807, 2.05) is 32.0 Å². The first-order valence-corrected chi connectivity index (χ1v) is 7.36. The van der Waals surface area contributed by atoms with Crippen molar-refractivity contribution in [2.24, 2.45) is 0 Å². The Morgan fingerprint density at radius 3 is 2.40 bits per heavy atom. The van der Waals surface area contributed by atoms with Crippen molar-refractivity contribution in [3.63, 3.8) is 0 Å². The van der Waals surface area contributed by atoms with Crippen LogP contribution in [-0.4, -0.2) is 22.8 Å². The maximum Gasteiger partial charge on any atom is 0.217 e. The summed E-state index contributed by atoms with van der Waals surface area (Å²) >= 11 is 6.10. The van der Waals surface area contributed by atoms with Crippen molar-refractivity contribution in [3.05, 3.63) is 29.0 Å². The minimum absolute atomic E-state index is 0.247. The Hall–Kier alpha value is -1.10. The number of hydrogen-bond donors (Lipinski definition) is 0. The van der Waals surface area contributed by atoms with Crippen LogP contribution in [0.25, 0.3) is 11.0 Å². The highest BCUT2D eigenvalue weighted by Crippen LogP contribution is 2.29. The molecule has 2 rings (SSSR count). The minimum atomic E-state index is -0.446. The lowest BCUT2D eigenvalue weighted by Gasteiger charge is -2.20. The summed E-state index contributed by atoms with van der Waals surface area (Å²) in [4.78, 5) is 4.67. The number of imidazole rings is 1. The molecular weight excluding hydrogens is 276 g/mol. The Labute approximate surface area is 124 Å². The normalized spacial score (nSPS) is 11.9. The topological polar surface area (TPSA) is 36.3 Å². The molecule has 0 amide bonds. The lowest BCUT2D eigenvalue weighted by Crippen LogP contribution is -2.16. The van der Waals surface area contributed by atoms with Gasteiger partial charge in [-0.1, -0.05) is 11.6 Å². The largest absolute Gasteiger partial charge is 0.346 e. The Balaban J connectivity index is 2.58. The Morgan fingerprint density at radius 2 is 1.85 bits per heavy atom. The van der Waals surface area contributed by atoms with E-state index in [4.69, 9.17) is 21.1 Å². The third-order valence-electron chi connectivity index (χ3n) is 3.04. The number of nitrogens with zero attached hydrogens (tertiary/aromatic N) is 2. The van der Waals surface area contributed by atoms with Crippen molar-refractivity contribution in [2.75, 3.05) is 13.2 Å². The Morgan fingerprint density at radius 1 is 1.20 bits per heavy atom. The quantitative estimate of drug-likeness (QED) is 0.744. The fraction of sp³-hybridized carbons (Fsp3) is 0.533. The monoisotopic (exact) mass is 296 g/mol. The minimum Gasteiger partial charge on any atom is -0.346 e. The van der Waals surface area contributed by atoms with E-state index < -0.39 is 6.29 Å². The molecule has 2 aromatic rings. The van der Waals surface area contributed by atoms with Crippen molar-refractivity contribution >= 4 is 22.6 Å². The van der Waals surface area contributed by atoms with E-state index in [-0.39, 0.29) is 6.04 Å². The molecule has 0 N–H and O–H groups in total. The van der Waals surface area contributed by atoms with Crippen molar-refractivity contribution in [3.8, 4) is 0 Å². The highest BCUT2D eigenvalue weighted by molar-refractivity contribution is 6.31. The maximum absolute atomic E-state index is 6.10. The summed E-state index contributed by atoms with van der Waals surface area (Å²) in [6.07, 6.45) is -0.446. The number of ether oxygens (including phenoxy) is 2. The van der Waals surface area contributed by atoms with Gasteiger partial charge in [0.25, 0.3) is 0 Å². The van der Waals surface area contributed by atoms with Gasteiger partial charge in [0, 0.05) is 24.3 Å². The van der Waals surface area contributed by atoms with Crippen molar-refractivity contribution in [1.82, 2.24) is 9.55 Å². The molecule has 0 atom stereocenters. The smallest absolute Gasteiger partial charge is 0.217 e. The molecular formula is C15H21ClN2O2. The molecule has 20 heavy (non-hydrogen) atoms. The van der Waals surface area contributed by atoms with Crippen LogP contribution in [0.5, 0.6) is 0 Å². The molecule has 0 spiro atoms. The summed E-state index contributed by atoms with van der Waals surface area (Å²) in [6, 6.07) is 5.95. The Bertz CT molecular complexity index is 575. The highest BCUT2D eigenvalue weighted by Gasteiger charge is 2.22. The number of hydrogen-bond acceptors (Lipinski definition) is 3. The van der Waals surface area contributed by atoms with Gasteiger partial charge in [-0.15, -0.1) is 0 Å². The number of halogens is 1.